The Hall–Kier alpha value is -2.40. The lowest BCUT2D eigenvalue weighted by Crippen LogP contribution is -2.08. The summed E-state index contributed by atoms with van der Waals surface area (Å²) in [7, 11) is 0. The summed E-state index contributed by atoms with van der Waals surface area (Å²) in [6.45, 7) is 4.87. The molecule has 0 atom stereocenters. The quantitative estimate of drug-likeness (QED) is 0.199. The van der Waals surface area contributed by atoms with E-state index in [1.807, 2.05) is 0 Å². The fraction of sp³-hybridized carbons (Fsp3) is 0.286. The van der Waals surface area contributed by atoms with Gasteiger partial charge in [-0.2, -0.15) is 12.6 Å². The molecule has 0 heterocycles. The zero-order valence-corrected chi connectivity index (χ0v) is 15.6. The molecule has 0 amide bonds. The molecule has 4 nitrogen and oxygen atoms in total. The van der Waals surface area contributed by atoms with Crippen molar-refractivity contribution in [1.29, 1.82) is 0 Å². The smallest absolute Gasteiger partial charge is 0.343 e. The molecule has 0 radical (unpaired) electrons. The Morgan fingerprint density at radius 3 is 2.08 bits per heavy atom. The molecule has 0 aliphatic heterocycles. The van der Waals surface area contributed by atoms with E-state index in [4.69, 9.17) is 14.2 Å². The number of hydrogen-bond acceptors (Lipinski definition) is 5. The molecule has 2 aromatic carbocycles. The second kappa shape index (κ2) is 11.3. The topological polar surface area (TPSA) is 44.8 Å². The molecule has 26 heavy (non-hydrogen) atoms. The fourth-order valence-electron chi connectivity index (χ4n) is 2.12. The maximum absolute atomic E-state index is 12.2. The zero-order valence-electron chi connectivity index (χ0n) is 14.7. The summed E-state index contributed by atoms with van der Waals surface area (Å²) in [5.74, 6) is 2.38. The highest BCUT2D eigenvalue weighted by Gasteiger charge is 2.09. The average molecular weight is 372 g/mol. The van der Waals surface area contributed by atoms with Gasteiger partial charge in [-0.05, 0) is 73.5 Å². The second-order valence-electron chi connectivity index (χ2n) is 5.59. The van der Waals surface area contributed by atoms with E-state index >= 15 is 0 Å². The molecule has 0 saturated heterocycles. The summed E-state index contributed by atoms with van der Waals surface area (Å²) >= 11 is 4.16. The van der Waals surface area contributed by atoms with Crippen LogP contribution in [0.1, 0.15) is 29.6 Å². The number of unbranched alkanes of at least 4 members (excludes halogenated alkanes) is 1. The standard InChI is InChI=1S/C21H24O4S/c1-2-3-14-23-19-10-12-20(13-11-19)25-21(22)17-6-8-18(9-7-17)24-15-4-5-16-26/h2,6-13,26H,1,3-5,14-16H2. The molecule has 2 rings (SSSR count). The van der Waals surface area contributed by atoms with Crippen molar-refractivity contribution in [3.8, 4) is 17.2 Å². The van der Waals surface area contributed by atoms with Crippen molar-refractivity contribution >= 4 is 18.6 Å². The first kappa shape index (κ1) is 19.9. The minimum Gasteiger partial charge on any atom is -0.494 e. The molecule has 138 valence electrons. The van der Waals surface area contributed by atoms with Gasteiger partial charge in [0, 0.05) is 0 Å². The van der Waals surface area contributed by atoms with Gasteiger partial charge in [-0.1, -0.05) is 6.08 Å². The van der Waals surface area contributed by atoms with Crippen LogP contribution in [0.5, 0.6) is 17.2 Å². The first-order valence-corrected chi connectivity index (χ1v) is 9.26. The molecular weight excluding hydrogens is 348 g/mol. The first-order valence-electron chi connectivity index (χ1n) is 8.62. The number of rotatable bonds is 11. The molecular formula is C21H24O4S. The lowest BCUT2D eigenvalue weighted by atomic mass is 10.2. The van der Waals surface area contributed by atoms with Gasteiger partial charge < -0.3 is 14.2 Å². The fourth-order valence-corrected chi connectivity index (χ4v) is 2.34. The van der Waals surface area contributed by atoms with Crippen molar-refractivity contribution in [3.05, 3.63) is 66.7 Å². The number of benzene rings is 2. The molecule has 0 N–H and O–H groups in total. The van der Waals surface area contributed by atoms with Gasteiger partial charge in [0.15, 0.2) is 0 Å². The molecule has 0 unspecified atom stereocenters. The van der Waals surface area contributed by atoms with E-state index in [9.17, 15) is 4.79 Å². The SMILES string of the molecule is C=CCCOc1ccc(OC(=O)c2ccc(OCCCCS)cc2)cc1. The number of thiol groups is 1. The van der Waals surface area contributed by atoms with Crippen molar-refractivity contribution in [2.75, 3.05) is 19.0 Å². The van der Waals surface area contributed by atoms with Gasteiger partial charge in [0.1, 0.15) is 17.2 Å². The van der Waals surface area contributed by atoms with Gasteiger partial charge in [-0.3, -0.25) is 0 Å². The van der Waals surface area contributed by atoms with Crippen molar-refractivity contribution in [3.63, 3.8) is 0 Å². The van der Waals surface area contributed by atoms with Crippen LogP contribution in [-0.2, 0) is 0 Å². The van der Waals surface area contributed by atoms with Gasteiger partial charge in [0.25, 0.3) is 0 Å². The molecule has 0 aliphatic carbocycles. The minimum absolute atomic E-state index is 0.410. The van der Waals surface area contributed by atoms with Crippen LogP contribution in [0.4, 0.5) is 0 Å². The Morgan fingerprint density at radius 1 is 0.885 bits per heavy atom. The summed E-state index contributed by atoms with van der Waals surface area (Å²) in [6, 6.07) is 13.9. The van der Waals surface area contributed by atoms with Crippen molar-refractivity contribution in [2.45, 2.75) is 19.3 Å². The summed E-state index contributed by atoms with van der Waals surface area (Å²) < 4.78 is 16.5. The van der Waals surface area contributed by atoms with Gasteiger partial charge in [0.05, 0.1) is 18.8 Å². The summed E-state index contributed by atoms with van der Waals surface area (Å²) in [6.07, 6.45) is 4.56. The average Bonchev–Trinajstić information content (AvgIpc) is 2.67. The van der Waals surface area contributed by atoms with E-state index in [0.717, 1.165) is 36.5 Å². The lowest BCUT2D eigenvalue weighted by molar-refractivity contribution is 0.0734. The van der Waals surface area contributed by atoms with E-state index in [-0.39, 0.29) is 0 Å². The Bertz CT molecular complexity index is 680. The minimum atomic E-state index is -0.410. The van der Waals surface area contributed by atoms with Crippen LogP contribution in [0.15, 0.2) is 61.2 Å². The highest BCUT2D eigenvalue weighted by molar-refractivity contribution is 7.80. The van der Waals surface area contributed by atoms with Gasteiger partial charge in [-0.25, -0.2) is 4.79 Å². The van der Waals surface area contributed by atoms with Crippen LogP contribution >= 0.6 is 12.6 Å². The highest BCUT2D eigenvalue weighted by Crippen LogP contribution is 2.20. The molecule has 0 aromatic heterocycles. The predicted molar refractivity (Wildman–Crippen MR) is 107 cm³/mol. The zero-order chi connectivity index (χ0) is 18.6. The van der Waals surface area contributed by atoms with Crippen LogP contribution < -0.4 is 14.2 Å². The normalized spacial score (nSPS) is 10.2. The van der Waals surface area contributed by atoms with E-state index in [1.54, 1.807) is 54.6 Å². The third kappa shape index (κ3) is 6.84. The first-order chi connectivity index (χ1) is 12.7. The van der Waals surface area contributed by atoms with Crippen LogP contribution in [0.25, 0.3) is 0 Å². The van der Waals surface area contributed by atoms with E-state index in [0.29, 0.717) is 24.5 Å². The van der Waals surface area contributed by atoms with Crippen LogP contribution in [0.2, 0.25) is 0 Å². The molecule has 0 fully saturated rings. The van der Waals surface area contributed by atoms with Crippen LogP contribution in [0, 0.1) is 0 Å². The third-order valence-corrected chi connectivity index (χ3v) is 3.85. The Balaban J connectivity index is 1.84. The van der Waals surface area contributed by atoms with Gasteiger partial charge >= 0.3 is 5.97 Å². The second-order valence-corrected chi connectivity index (χ2v) is 6.04. The number of hydrogen-bond donors (Lipinski definition) is 1. The van der Waals surface area contributed by atoms with E-state index in [2.05, 4.69) is 19.2 Å². The number of esters is 1. The highest BCUT2D eigenvalue weighted by atomic mass is 32.1. The maximum atomic E-state index is 12.2. The number of carbonyl (C=O) groups excluding carboxylic acids is 1. The Kier molecular flexibility index (Phi) is 8.63. The molecule has 2 aromatic rings. The summed E-state index contributed by atoms with van der Waals surface area (Å²) in [4.78, 5) is 12.2. The van der Waals surface area contributed by atoms with E-state index < -0.39 is 5.97 Å². The summed E-state index contributed by atoms with van der Waals surface area (Å²) in [5.41, 5.74) is 0.471. The van der Waals surface area contributed by atoms with E-state index in [1.165, 1.54) is 0 Å². The molecule has 0 aliphatic rings. The summed E-state index contributed by atoms with van der Waals surface area (Å²) in [5, 5.41) is 0. The monoisotopic (exact) mass is 372 g/mol. The van der Waals surface area contributed by atoms with Gasteiger partial charge in [0.2, 0.25) is 0 Å². The lowest BCUT2D eigenvalue weighted by Gasteiger charge is -2.08. The molecule has 5 heteroatoms. The molecule has 0 spiro atoms. The Morgan fingerprint density at radius 2 is 1.46 bits per heavy atom. The van der Waals surface area contributed by atoms with Crippen molar-refractivity contribution in [2.24, 2.45) is 0 Å². The van der Waals surface area contributed by atoms with Gasteiger partial charge in [-0.15, -0.1) is 6.58 Å². The largest absolute Gasteiger partial charge is 0.494 e. The Labute approximate surface area is 160 Å². The number of carbonyl (C=O) groups is 1. The predicted octanol–water partition coefficient (Wildman–Crippen LogP) is 4.95. The molecule has 0 saturated carbocycles. The third-order valence-electron chi connectivity index (χ3n) is 3.54. The van der Waals surface area contributed by atoms with Crippen molar-refractivity contribution < 1.29 is 19.0 Å². The van der Waals surface area contributed by atoms with Crippen molar-refractivity contribution in [1.82, 2.24) is 0 Å². The maximum Gasteiger partial charge on any atom is 0.343 e. The number of ether oxygens (including phenoxy) is 3. The van der Waals surface area contributed by atoms with Crippen LogP contribution in [-0.4, -0.2) is 24.9 Å². The molecule has 0 bridgehead atoms. The van der Waals surface area contributed by atoms with Crippen LogP contribution in [0.3, 0.4) is 0 Å².